The summed E-state index contributed by atoms with van der Waals surface area (Å²) in [4.78, 5) is 30.1. The van der Waals surface area contributed by atoms with Crippen LogP contribution in [0.25, 0.3) is 0 Å². The van der Waals surface area contributed by atoms with E-state index < -0.39 is 0 Å². The lowest BCUT2D eigenvalue weighted by Gasteiger charge is -2.49. The molecule has 4 heterocycles. The number of carbonyl (C=O) groups is 2. The van der Waals surface area contributed by atoms with Crippen molar-refractivity contribution in [2.45, 2.75) is 38.8 Å². The highest BCUT2D eigenvalue weighted by atomic mass is 16.6. The van der Waals surface area contributed by atoms with E-state index in [0.29, 0.717) is 23.3 Å². The molecule has 0 radical (unpaired) electrons. The van der Waals surface area contributed by atoms with Gasteiger partial charge >= 0.3 is 5.95 Å². The maximum absolute atomic E-state index is 12.6. The van der Waals surface area contributed by atoms with Gasteiger partial charge in [-0.15, -0.1) is 0 Å². The van der Waals surface area contributed by atoms with Crippen molar-refractivity contribution in [2.75, 3.05) is 13.1 Å². The van der Waals surface area contributed by atoms with Gasteiger partial charge in [0.15, 0.2) is 0 Å². The largest absolute Gasteiger partial charge is 0.425 e. The Labute approximate surface area is 157 Å². The Hall–Kier alpha value is -2.67. The van der Waals surface area contributed by atoms with Crippen molar-refractivity contribution in [2.24, 2.45) is 5.92 Å². The van der Waals surface area contributed by atoms with Gasteiger partial charge in [-0.05, 0) is 63.0 Å². The van der Waals surface area contributed by atoms with Crippen molar-refractivity contribution in [3.05, 3.63) is 41.9 Å². The van der Waals surface area contributed by atoms with E-state index in [-0.39, 0.29) is 29.6 Å². The fourth-order valence-electron chi connectivity index (χ4n) is 4.04. The number of nitrogens with zero attached hydrogens (tertiary/aromatic N) is 2. The minimum Gasteiger partial charge on any atom is -0.425 e. The third-order valence-corrected chi connectivity index (χ3v) is 5.60. The molecule has 3 aliphatic heterocycles. The molecular formula is C20H23N3O4. The fraction of sp³-hybridized carbons (Fsp3) is 0.450. The summed E-state index contributed by atoms with van der Waals surface area (Å²) in [6, 6.07) is 7.43. The molecule has 7 nitrogen and oxygen atoms in total. The number of Topliss-reactive ketones (excluding diaryl/α,β-unsaturated/α-hetero) is 1. The van der Waals surface area contributed by atoms with Gasteiger partial charge in [0.25, 0.3) is 11.8 Å². The number of aromatic nitrogens is 1. The van der Waals surface area contributed by atoms with Gasteiger partial charge in [0.2, 0.25) is 5.78 Å². The van der Waals surface area contributed by atoms with Crippen molar-refractivity contribution in [3.63, 3.8) is 0 Å². The zero-order chi connectivity index (χ0) is 19.0. The molecule has 1 N–H and O–H groups in total. The van der Waals surface area contributed by atoms with Crippen LogP contribution in [-0.2, 0) is 0 Å². The Morgan fingerprint density at radius 1 is 1.22 bits per heavy atom. The van der Waals surface area contributed by atoms with Crippen LogP contribution in [0.2, 0.25) is 0 Å². The summed E-state index contributed by atoms with van der Waals surface area (Å²) in [5.41, 5.74) is 0.591. The maximum atomic E-state index is 12.6. The SMILES string of the molecule is CC(=O)c1ncc(Oc2ccc(C(=O)NC3C4CCN(CC4)C3C)cc2)o1. The van der Waals surface area contributed by atoms with Gasteiger partial charge in [0, 0.05) is 24.6 Å². The third kappa shape index (κ3) is 3.60. The molecule has 3 fully saturated rings. The minimum atomic E-state index is -0.265. The summed E-state index contributed by atoms with van der Waals surface area (Å²) < 4.78 is 10.7. The minimum absolute atomic E-state index is 0.00707. The molecule has 2 atom stereocenters. The number of benzene rings is 1. The van der Waals surface area contributed by atoms with Gasteiger partial charge < -0.3 is 14.5 Å². The molecule has 27 heavy (non-hydrogen) atoms. The first-order chi connectivity index (χ1) is 13.0. The molecule has 0 spiro atoms. The molecule has 2 aromatic rings. The number of nitrogens with one attached hydrogen (secondary N) is 1. The second kappa shape index (κ2) is 7.15. The van der Waals surface area contributed by atoms with E-state index >= 15 is 0 Å². The number of oxazole rings is 1. The van der Waals surface area contributed by atoms with E-state index in [0.717, 1.165) is 25.9 Å². The van der Waals surface area contributed by atoms with Crippen LogP contribution in [0.15, 0.2) is 34.9 Å². The van der Waals surface area contributed by atoms with E-state index in [9.17, 15) is 9.59 Å². The first-order valence-electron chi connectivity index (χ1n) is 9.31. The van der Waals surface area contributed by atoms with E-state index in [4.69, 9.17) is 9.15 Å². The van der Waals surface area contributed by atoms with Crippen LogP contribution in [0.3, 0.4) is 0 Å². The van der Waals surface area contributed by atoms with Gasteiger partial charge in [0.1, 0.15) is 11.9 Å². The second-order valence-corrected chi connectivity index (χ2v) is 7.28. The predicted octanol–water partition coefficient (Wildman–Crippen LogP) is 2.88. The molecule has 0 aliphatic carbocycles. The summed E-state index contributed by atoms with van der Waals surface area (Å²) >= 11 is 0. The Morgan fingerprint density at radius 2 is 1.93 bits per heavy atom. The molecule has 5 rings (SSSR count). The van der Waals surface area contributed by atoms with E-state index in [2.05, 4.69) is 22.1 Å². The van der Waals surface area contributed by atoms with Crippen LogP contribution in [0, 0.1) is 5.92 Å². The number of fused-ring (bicyclic) bond motifs is 3. The molecule has 3 saturated heterocycles. The zero-order valence-corrected chi connectivity index (χ0v) is 15.5. The van der Waals surface area contributed by atoms with Crippen molar-refractivity contribution < 1.29 is 18.7 Å². The number of hydrogen-bond acceptors (Lipinski definition) is 6. The number of ketones is 1. The molecule has 0 saturated carbocycles. The quantitative estimate of drug-likeness (QED) is 0.816. The molecule has 2 unspecified atom stereocenters. The smallest absolute Gasteiger partial charge is 0.311 e. The monoisotopic (exact) mass is 369 g/mol. The number of rotatable bonds is 5. The highest BCUT2D eigenvalue weighted by Gasteiger charge is 2.40. The maximum Gasteiger partial charge on any atom is 0.311 e. The highest BCUT2D eigenvalue weighted by Crippen LogP contribution is 2.32. The number of amides is 1. The molecule has 1 aromatic heterocycles. The summed E-state index contributed by atoms with van der Waals surface area (Å²) in [5, 5.41) is 3.21. The molecular weight excluding hydrogens is 346 g/mol. The van der Waals surface area contributed by atoms with Gasteiger partial charge in [-0.2, -0.15) is 0 Å². The van der Waals surface area contributed by atoms with Crippen LogP contribution >= 0.6 is 0 Å². The first-order valence-corrected chi connectivity index (χ1v) is 9.31. The van der Waals surface area contributed by atoms with E-state index in [1.165, 1.54) is 13.1 Å². The zero-order valence-electron chi connectivity index (χ0n) is 15.5. The van der Waals surface area contributed by atoms with Gasteiger partial charge in [-0.3, -0.25) is 14.5 Å². The Kier molecular flexibility index (Phi) is 4.70. The van der Waals surface area contributed by atoms with Crippen LogP contribution < -0.4 is 10.1 Å². The van der Waals surface area contributed by atoms with Crippen LogP contribution in [0.4, 0.5) is 0 Å². The number of hydrogen-bond donors (Lipinski definition) is 1. The fourth-order valence-corrected chi connectivity index (χ4v) is 4.04. The van der Waals surface area contributed by atoms with E-state index in [1.807, 2.05) is 0 Å². The molecule has 3 aliphatic rings. The van der Waals surface area contributed by atoms with Crippen LogP contribution in [0.1, 0.15) is 47.7 Å². The number of ether oxygens (including phenoxy) is 1. The van der Waals surface area contributed by atoms with E-state index in [1.54, 1.807) is 24.3 Å². The Morgan fingerprint density at radius 3 is 2.52 bits per heavy atom. The van der Waals surface area contributed by atoms with Crippen molar-refractivity contribution >= 4 is 11.7 Å². The van der Waals surface area contributed by atoms with Crippen LogP contribution in [-0.4, -0.2) is 46.7 Å². The van der Waals surface area contributed by atoms with Crippen molar-refractivity contribution in [3.8, 4) is 11.7 Å². The summed E-state index contributed by atoms with van der Waals surface area (Å²) in [6.45, 7) is 5.84. The number of carbonyl (C=O) groups excluding carboxylic acids is 2. The first kappa shape index (κ1) is 17.7. The second-order valence-electron chi connectivity index (χ2n) is 7.28. The molecule has 142 valence electrons. The average molecular weight is 369 g/mol. The predicted molar refractivity (Wildman–Crippen MR) is 98.0 cm³/mol. The van der Waals surface area contributed by atoms with Crippen molar-refractivity contribution in [1.29, 1.82) is 0 Å². The molecule has 1 amide bonds. The highest BCUT2D eigenvalue weighted by molar-refractivity contribution is 5.94. The standard InChI is InChI=1S/C20H23N3O4/c1-12-18(14-7-9-23(12)10-8-14)22-19(25)15-3-5-16(6-4-15)26-17-11-21-20(27-17)13(2)24/h3-6,11-12,14,18H,7-10H2,1-2H3,(H,22,25). The lowest BCUT2D eigenvalue weighted by molar-refractivity contribution is 0.0217. The molecule has 7 heteroatoms. The lowest BCUT2D eigenvalue weighted by atomic mass is 9.79. The summed E-state index contributed by atoms with van der Waals surface area (Å²) in [7, 11) is 0. The Balaban J connectivity index is 1.39. The topological polar surface area (TPSA) is 84.7 Å². The van der Waals surface area contributed by atoms with Gasteiger partial charge in [-0.25, -0.2) is 4.98 Å². The molecule has 2 bridgehead atoms. The van der Waals surface area contributed by atoms with Crippen LogP contribution in [0.5, 0.6) is 11.7 Å². The Bertz CT molecular complexity index is 835. The normalized spacial score (nSPS) is 26.6. The van der Waals surface area contributed by atoms with Gasteiger partial charge in [-0.1, -0.05) is 0 Å². The van der Waals surface area contributed by atoms with Gasteiger partial charge in [0.05, 0.1) is 0 Å². The summed E-state index contributed by atoms with van der Waals surface area (Å²) in [5.74, 6) is 0.892. The average Bonchev–Trinajstić information content (AvgIpc) is 3.14. The summed E-state index contributed by atoms with van der Waals surface area (Å²) in [6.07, 6.45) is 3.66. The lowest BCUT2D eigenvalue weighted by Crippen LogP contribution is -2.62. The third-order valence-electron chi connectivity index (χ3n) is 5.60. The van der Waals surface area contributed by atoms with Crippen molar-refractivity contribution in [1.82, 2.24) is 15.2 Å². The molecule has 1 aromatic carbocycles. The number of piperidine rings is 3.